The summed E-state index contributed by atoms with van der Waals surface area (Å²) < 4.78 is 25.4. The average Bonchev–Trinajstić information content (AvgIpc) is 2.28. The van der Waals surface area contributed by atoms with Gasteiger partial charge in [-0.05, 0) is 25.0 Å². The third kappa shape index (κ3) is 3.98. The zero-order chi connectivity index (χ0) is 13.1. The highest BCUT2D eigenvalue weighted by Crippen LogP contribution is 2.13. The highest BCUT2D eigenvalue weighted by Gasteiger charge is 2.20. The Bertz CT molecular complexity index is 454. The van der Waals surface area contributed by atoms with Gasteiger partial charge in [-0.2, -0.15) is 0 Å². The Hall–Kier alpha value is -0.580. The van der Waals surface area contributed by atoms with E-state index in [-0.39, 0.29) is 11.8 Å². The number of halogens is 1. The minimum atomic E-state index is -3.23. The number of sulfonamides is 1. The minimum absolute atomic E-state index is 0.0258. The smallest absolute Gasteiger partial charge is 0.212 e. The van der Waals surface area contributed by atoms with Crippen LogP contribution in [0.1, 0.15) is 25.0 Å². The molecule has 0 aliphatic heterocycles. The van der Waals surface area contributed by atoms with E-state index in [0.717, 1.165) is 11.1 Å². The van der Waals surface area contributed by atoms with E-state index in [1.807, 2.05) is 38.1 Å². The van der Waals surface area contributed by atoms with Gasteiger partial charge in [0.1, 0.15) is 0 Å². The Morgan fingerprint density at radius 1 is 1.18 bits per heavy atom. The normalized spacial score (nSPS) is 12.4. The zero-order valence-corrected chi connectivity index (χ0v) is 11.9. The van der Waals surface area contributed by atoms with E-state index in [2.05, 4.69) is 0 Å². The van der Waals surface area contributed by atoms with E-state index in [1.54, 1.807) is 7.05 Å². The summed E-state index contributed by atoms with van der Waals surface area (Å²) in [5.74, 6) is 0.475. The summed E-state index contributed by atoms with van der Waals surface area (Å²) in [5, 5.41) is 0. The molecule has 1 aromatic rings. The lowest BCUT2D eigenvalue weighted by atomic mass is 10.2. The van der Waals surface area contributed by atoms with Crippen molar-refractivity contribution in [1.29, 1.82) is 0 Å². The molecule has 0 aliphatic rings. The van der Waals surface area contributed by atoms with Crippen LogP contribution < -0.4 is 0 Å². The van der Waals surface area contributed by atoms with Gasteiger partial charge < -0.3 is 0 Å². The molecular weight excluding hydrogens is 258 g/mol. The van der Waals surface area contributed by atoms with Crippen molar-refractivity contribution in [2.75, 3.05) is 7.05 Å². The van der Waals surface area contributed by atoms with Crippen LogP contribution >= 0.6 is 11.6 Å². The molecule has 3 nitrogen and oxygen atoms in total. The first-order chi connectivity index (χ1) is 7.86. The molecule has 0 spiro atoms. The molecule has 1 aromatic carbocycles. The Morgan fingerprint density at radius 2 is 1.65 bits per heavy atom. The van der Waals surface area contributed by atoms with Crippen LogP contribution in [0, 0.1) is 0 Å². The van der Waals surface area contributed by atoms with Crippen LogP contribution in [0.15, 0.2) is 24.3 Å². The molecule has 5 heteroatoms. The topological polar surface area (TPSA) is 37.4 Å². The van der Waals surface area contributed by atoms with Crippen molar-refractivity contribution in [2.24, 2.45) is 0 Å². The minimum Gasteiger partial charge on any atom is -0.212 e. The van der Waals surface area contributed by atoms with Gasteiger partial charge in [0.25, 0.3) is 0 Å². The molecule has 17 heavy (non-hydrogen) atoms. The summed E-state index contributed by atoms with van der Waals surface area (Å²) >= 11 is 5.68. The summed E-state index contributed by atoms with van der Waals surface area (Å²) in [5.41, 5.74) is 1.77. The molecule has 0 unspecified atom stereocenters. The van der Waals surface area contributed by atoms with E-state index in [4.69, 9.17) is 11.6 Å². The van der Waals surface area contributed by atoms with Gasteiger partial charge in [-0.1, -0.05) is 24.3 Å². The number of hydrogen-bond acceptors (Lipinski definition) is 2. The van der Waals surface area contributed by atoms with Crippen molar-refractivity contribution >= 4 is 21.6 Å². The van der Waals surface area contributed by atoms with Crippen LogP contribution in [0.3, 0.4) is 0 Å². The van der Waals surface area contributed by atoms with Crippen LogP contribution in [-0.2, 0) is 21.7 Å². The maximum Gasteiger partial charge on any atom is 0.218 e. The van der Waals surface area contributed by atoms with E-state index >= 15 is 0 Å². The molecule has 0 fully saturated rings. The summed E-state index contributed by atoms with van der Waals surface area (Å²) in [7, 11) is -1.63. The second kappa shape index (κ2) is 5.85. The maximum absolute atomic E-state index is 12.0. The fraction of sp³-hybridized carbons (Fsp3) is 0.500. The van der Waals surface area contributed by atoms with Crippen LogP contribution in [-0.4, -0.2) is 25.8 Å². The van der Waals surface area contributed by atoms with E-state index < -0.39 is 10.0 Å². The third-order valence-corrected chi connectivity index (χ3v) is 5.00. The number of rotatable bonds is 5. The fourth-order valence-corrected chi connectivity index (χ4v) is 3.00. The summed E-state index contributed by atoms with van der Waals surface area (Å²) in [6.45, 7) is 3.71. The first-order valence-electron chi connectivity index (χ1n) is 5.46. The first-order valence-corrected chi connectivity index (χ1v) is 7.60. The van der Waals surface area contributed by atoms with Crippen LogP contribution in [0.25, 0.3) is 0 Å². The third-order valence-electron chi connectivity index (χ3n) is 2.69. The Balaban J connectivity index is 2.83. The second-order valence-electron chi connectivity index (χ2n) is 4.32. The summed E-state index contributed by atoms with van der Waals surface area (Å²) in [4.78, 5) is 0. The molecule has 0 saturated carbocycles. The van der Waals surface area contributed by atoms with Gasteiger partial charge in [-0.25, -0.2) is 12.7 Å². The van der Waals surface area contributed by atoms with Crippen LogP contribution in [0.2, 0.25) is 0 Å². The average molecular weight is 276 g/mol. The highest BCUT2D eigenvalue weighted by atomic mass is 35.5. The Kier molecular flexibility index (Phi) is 4.98. The fourth-order valence-electron chi connectivity index (χ4n) is 1.36. The lowest BCUT2D eigenvalue weighted by molar-refractivity contribution is 0.410. The highest BCUT2D eigenvalue weighted by molar-refractivity contribution is 7.88. The van der Waals surface area contributed by atoms with Gasteiger partial charge in [0, 0.05) is 19.0 Å². The van der Waals surface area contributed by atoms with E-state index in [9.17, 15) is 8.42 Å². The zero-order valence-electron chi connectivity index (χ0n) is 10.4. The number of alkyl halides is 1. The Labute approximate surface area is 108 Å². The number of benzene rings is 1. The van der Waals surface area contributed by atoms with Crippen LogP contribution in [0.5, 0.6) is 0 Å². The number of nitrogens with zero attached hydrogens (tertiary/aromatic N) is 1. The van der Waals surface area contributed by atoms with Gasteiger partial charge in [-0.3, -0.25) is 0 Å². The monoisotopic (exact) mass is 275 g/mol. The Morgan fingerprint density at radius 3 is 2.06 bits per heavy atom. The van der Waals surface area contributed by atoms with Gasteiger partial charge in [0.2, 0.25) is 10.0 Å². The molecule has 0 aromatic heterocycles. The molecule has 0 atom stereocenters. The van der Waals surface area contributed by atoms with Crippen molar-refractivity contribution in [3.8, 4) is 0 Å². The predicted octanol–water partition coefficient (Wildman–Crippen LogP) is 2.60. The van der Waals surface area contributed by atoms with Gasteiger partial charge >= 0.3 is 0 Å². The van der Waals surface area contributed by atoms with E-state index in [1.165, 1.54) is 4.31 Å². The summed E-state index contributed by atoms with van der Waals surface area (Å²) in [6.07, 6.45) is 0. The molecule has 0 bridgehead atoms. The summed E-state index contributed by atoms with van der Waals surface area (Å²) in [6, 6.07) is 7.30. The maximum atomic E-state index is 12.0. The lowest BCUT2D eigenvalue weighted by Crippen LogP contribution is -2.33. The van der Waals surface area contributed by atoms with Crippen LogP contribution in [0.4, 0.5) is 0 Å². The molecule has 0 saturated heterocycles. The molecule has 0 heterocycles. The molecule has 0 N–H and O–H groups in total. The largest absolute Gasteiger partial charge is 0.218 e. The van der Waals surface area contributed by atoms with Crippen molar-refractivity contribution < 1.29 is 8.42 Å². The van der Waals surface area contributed by atoms with Gasteiger partial charge in [0.15, 0.2) is 0 Å². The molecule has 0 aliphatic carbocycles. The van der Waals surface area contributed by atoms with Crippen molar-refractivity contribution in [2.45, 2.75) is 31.5 Å². The lowest BCUT2D eigenvalue weighted by Gasteiger charge is -2.20. The van der Waals surface area contributed by atoms with Crippen molar-refractivity contribution in [1.82, 2.24) is 4.31 Å². The SMILES string of the molecule is CC(C)N(C)S(=O)(=O)Cc1ccc(CCl)cc1. The second-order valence-corrected chi connectivity index (χ2v) is 6.61. The quantitative estimate of drug-likeness (QED) is 0.775. The van der Waals surface area contributed by atoms with Gasteiger partial charge in [-0.15, -0.1) is 11.6 Å². The predicted molar refractivity (Wildman–Crippen MR) is 71.5 cm³/mol. The van der Waals surface area contributed by atoms with Crippen molar-refractivity contribution in [3.63, 3.8) is 0 Å². The molecular formula is C12H18ClNO2S. The standard InChI is InChI=1S/C12H18ClNO2S/c1-10(2)14(3)17(15,16)9-12-6-4-11(8-13)5-7-12/h4-7,10H,8-9H2,1-3H3. The van der Waals surface area contributed by atoms with Gasteiger partial charge in [0.05, 0.1) is 5.75 Å². The first kappa shape index (κ1) is 14.5. The molecule has 0 radical (unpaired) electrons. The molecule has 96 valence electrons. The molecule has 0 amide bonds. The van der Waals surface area contributed by atoms with Crippen molar-refractivity contribution in [3.05, 3.63) is 35.4 Å². The molecule has 1 rings (SSSR count). The van der Waals surface area contributed by atoms with E-state index in [0.29, 0.717) is 5.88 Å². The number of hydrogen-bond donors (Lipinski definition) is 0.